The minimum atomic E-state index is -3.31. The van der Waals surface area contributed by atoms with Gasteiger partial charge in [0.25, 0.3) is 0 Å². The van der Waals surface area contributed by atoms with Gasteiger partial charge in [-0.15, -0.1) is 0 Å². The molecule has 6 nitrogen and oxygen atoms in total. The molecule has 21 heavy (non-hydrogen) atoms. The summed E-state index contributed by atoms with van der Waals surface area (Å²) in [5, 5.41) is 0. The second-order valence-corrected chi connectivity index (χ2v) is 6.99. The topological polar surface area (TPSA) is 72.9 Å². The number of ether oxygens (including phenoxy) is 2. The smallest absolute Gasteiger partial charge is 0.338 e. The third-order valence-corrected chi connectivity index (χ3v) is 4.52. The van der Waals surface area contributed by atoms with E-state index in [0.717, 1.165) is 19.3 Å². The molecular weight excluding hydrogens is 294 g/mol. The van der Waals surface area contributed by atoms with E-state index in [1.807, 2.05) is 0 Å². The lowest BCUT2D eigenvalue weighted by atomic mass is 10.1. The van der Waals surface area contributed by atoms with E-state index < -0.39 is 15.8 Å². The highest BCUT2D eigenvalue weighted by Gasteiger charge is 2.19. The second-order valence-electron chi connectivity index (χ2n) is 4.97. The quantitative estimate of drug-likeness (QED) is 0.762. The lowest BCUT2D eigenvalue weighted by molar-refractivity contribution is 0.0338. The van der Waals surface area contributed by atoms with Crippen LogP contribution in [0.2, 0.25) is 0 Å². The van der Waals surface area contributed by atoms with Crippen molar-refractivity contribution in [3.05, 3.63) is 29.3 Å². The molecule has 0 N–H and O–H groups in total. The Labute approximate surface area is 124 Å². The summed E-state index contributed by atoms with van der Waals surface area (Å²) in [6.45, 7) is 3.28. The van der Waals surface area contributed by atoms with Crippen molar-refractivity contribution in [3.8, 4) is 0 Å². The number of carbonyl (C=O) groups is 1. The molecule has 1 fully saturated rings. The molecule has 1 aliphatic rings. The Morgan fingerprint density at radius 2 is 2.00 bits per heavy atom. The minimum absolute atomic E-state index is 0.207. The molecule has 0 saturated carbocycles. The summed E-state index contributed by atoms with van der Waals surface area (Å²) in [5.74, 6) is -0.460. The molecule has 0 aliphatic carbocycles. The van der Waals surface area contributed by atoms with Crippen LogP contribution in [-0.4, -0.2) is 59.0 Å². The predicted octanol–water partition coefficient (Wildman–Crippen LogP) is 0.709. The van der Waals surface area contributed by atoms with E-state index in [1.165, 1.54) is 19.2 Å². The fraction of sp³-hybridized carbons (Fsp3) is 0.500. The van der Waals surface area contributed by atoms with E-state index in [0.29, 0.717) is 30.9 Å². The molecule has 116 valence electrons. The fourth-order valence-electron chi connectivity index (χ4n) is 2.24. The number of methoxy groups -OCH3 is 1. The van der Waals surface area contributed by atoms with Crippen LogP contribution in [0.1, 0.15) is 15.9 Å². The summed E-state index contributed by atoms with van der Waals surface area (Å²) in [7, 11) is -2.00. The molecule has 1 heterocycles. The minimum Gasteiger partial charge on any atom is -0.465 e. The molecule has 1 saturated heterocycles. The van der Waals surface area contributed by atoms with Crippen LogP contribution in [0.3, 0.4) is 0 Å². The normalized spacial score (nSPS) is 16.7. The van der Waals surface area contributed by atoms with Crippen LogP contribution < -0.4 is 0 Å². The second kappa shape index (κ2) is 6.55. The van der Waals surface area contributed by atoms with Gasteiger partial charge in [0.05, 0.1) is 30.8 Å². The SMILES string of the molecule is COC(=O)c1ccc(S(C)(=O)=O)cc1CN1CCOCC1. The summed E-state index contributed by atoms with van der Waals surface area (Å²) in [6.07, 6.45) is 1.15. The van der Waals surface area contributed by atoms with Crippen LogP contribution in [0.15, 0.2) is 23.1 Å². The van der Waals surface area contributed by atoms with Gasteiger partial charge in [0.2, 0.25) is 0 Å². The third kappa shape index (κ3) is 4.03. The van der Waals surface area contributed by atoms with Gasteiger partial charge in [0.1, 0.15) is 0 Å². The van der Waals surface area contributed by atoms with Gasteiger partial charge in [-0.1, -0.05) is 0 Å². The number of sulfone groups is 1. The summed E-state index contributed by atoms with van der Waals surface area (Å²) in [4.78, 5) is 14.2. The maximum Gasteiger partial charge on any atom is 0.338 e. The highest BCUT2D eigenvalue weighted by atomic mass is 32.2. The molecule has 1 aliphatic heterocycles. The van der Waals surface area contributed by atoms with Crippen molar-refractivity contribution < 1.29 is 22.7 Å². The Morgan fingerprint density at radius 1 is 1.33 bits per heavy atom. The van der Waals surface area contributed by atoms with E-state index >= 15 is 0 Å². The summed E-state index contributed by atoms with van der Waals surface area (Å²) >= 11 is 0. The van der Waals surface area contributed by atoms with E-state index in [4.69, 9.17) is 9.47 Å². The molecule has 1 aromatic carbocycles. The first-order valence-electron chi connectivity index (χ1n) is 6.63. The van der Waals surface area contributed by atoms with E-state index in [-0.39, 0.29) is 4.90 Å². The molecule has 0 bridgehead atoms. The first-order valence-corrected chi connectivity index (χ1v) is 8.52. The van der Waals surface area contributed by atoms with Crippen molar-refractivity contribution in [2.24, 2.45) is 0 Å². The van der Waals surface area contributed by atoms with Gasteiger partial charge in [-0.2, -0.15) is 0 Å². The molecule has 0 atom stereocenters. The van der Waals surface area contributed by atoms with Crippen molar-refractivity contribution in [2.75, 3.05) is 39.7 Å². The van der Waals surface area contributed by atoms with Gasteiger partial charge in [-0.05, 0) is 23.8 Å². The summed E-state index contributed by atoms with van der Waals surface area (Å²) < 4.78 is 33.4. The van der Waals surface area contributed by atoms with Gasteiger partial charge in [-0.25, -0.2) is 13.2 Å². The van der Waals surface area contributed by atoms with Crippen molar-refractivity contribution >= 4 is 15.8 Å². The average Bonchev–Trinajstić information content (AvgIpc) is 2.46. The zero-order valence-electron chi connectivity index (χ0n) is 12.2. The highest BCUT2D eigenvalue weighted by molar-refractivity contribution is 7.90. The number of esters is 1. The van der Waals surface area contributed by atoms with Crippen LogP contribution >= 0.6 is 0 Å². The number of rotatable bonds is 4. The summed E-state index contributed by atoms with van der Waals surface area (Å²) in [6, 6.07) is 4.50. The lowest BCUT2D eigenvalue weighted by Crippen LogP contribution is -2.36. The van der Waals surface area contributed by atoms with Crippen LogP contribution in [0.4, 0.5) is 0 Å². The van der Waals surface area contributed by atoms with Crippen molar-refractivity contribution in [3.63, 3.8) is 0 Å². The van der Waals surface area contributed by atoms with Crippen LogP contribution in [0.25, 0.3) is 0 Å². The largest absolute Gasteiger partial charge is 0.465 e. The van der Waals surface area contributed by atoms with E-state index in [9.17, 15) is 13.2 Å². The number of benzene rings is 1. The summed E-state index contributed by atoms with van der Waals surface area (Å²) in [5.41, 5.74) is 1.06. The maximum atomic E-state index is 11.8. The monoisotopic (exact) mass is 313 g/mol. The van der Waals surface area contributed by atoms with Crippen molar-refractivity contribution in [1.29, 1.82) is 0 Å². The molecule has 7 heteroatoms. The molecule has 0 spiro atoms. The highest BCUT2D eigenvalue weighted by Crippen LogP contribution is 2.19. The van der Waals surface area contributed by atoms with Gasteiger partial charge >= 0.3 is 5.97 Å². The zero-order chi connectivity index (χ0) is 15.5. The average molecular weight is 313 g/mol. The first-order chi connectivity index (χ1) is 9.91. The molecular formula is C14H19NO5S. The van der Waals surface area contributed by atoms with Gasteiger partial charge < -0.3 is 9.47 Å². The zero-order valence-corrected chi connectivity index (χ0v) is 13.0. The van der Waals surface area contributed by atoms with Gasteiger partial charge in [-0.3, -0.25) is 4.90 Å². The number of morpholine rings is 1. The van der Waals surface area contributed by atoms with Gasteiger partial charge in [0, 0.05) is 25.9 Å². The van der Waals surface area contributed by atoms with Crippen molar-refractivity contribution in [1.82, 2.24) is 4.90 Å². The molecule has 0 amide bonds. The third-order valence-electron chi connectivity index (χ3n) is 3.41. The molecule has 2 rings (SSSR count). The number of hydrogen-bond acceptors (Lipinski definition) is 6. The Balaban J connectivity index is 2.35. The Morgan fingerprint density at radius 3 is 2.57 bits per heavy atom. The van der Waals surface area contributed by atoms with Crippen LogP contribution in [0, 0.1) is 0 Å². The predicted molar refractivity (Wildman–Crippen MR) is 77.0 cm³/mol. The van der Waals surface area contributed by atoms with Gasteiger partial charge in [0.15, 0.2) is 9.84 Å². The maximum absolute atomic E-state index is 11.8. The molecule has 0 unspecified atom stereocenters. The van der Waals surface area contributed by atoms with Crippen molar-refractivity contribution in [2.45, 2.75) is 11.4 Å². The van der Waals surface area contributed by atoms with E-state index in [2.05, 4.69) is 4.90 Å². The number of carbonyl (C=O) groups excluding carboxylic acids is 1. The van der Waals surface area contributed by atoms with E-state index in [1.54, 1.807) is 6.07 Å². The molecule has 0 aromatic heterocycles. The Hall–Kier alpha value is -1.44. The Kier molecular flexibility index (Phi) is 4.97. The van der Waals surface area contributed by atoms with Crippen LogP contribution in [-0.2, 0) is 25.9 Å². The molecule has 1 aromatic rings. The lowest BCUT2D eigenvalue weighted by Gasteiger charge is -2.27. The fourth-order valence-corrected chi connectivity index (χ4v) is 2.91. The first kappa shape index (κ1) is 15.9. The number of hydrogen-bond donors (Lipinski definition) is 0. The van der Waals surface area contributed by atoms with Crippen LogP contribution in [0.5, 0.6) is 0 Å². The number of nitrogens with zero attached hydrogens (tertiary/aromatic N) is 1. The molecule has 0 radical (unpaired) electrons. The Bertz CT molecular complexity index is 620. The standard InChI is InChI=1S/C14H19NO5S/c1-19-14(16)13-4-3-12(21(2,17)18)9-11(13)10-15-5-7-20-8-6-15/h3-4,9H,5-8,10H2,1-2H3.